The van der Waals surface area contributed by atoms with Gasteiger partial charge in [0.2, 0.25) is 11.9 Å². The molecule has 0 saturated carbocycles. The van der Waals surface area contributed by atoms with Crippen molar-refractivity contribution >= 4 is 29.7 Å². The van der Waals surface area contributed by atoms with Crippen LogP contribution in [-0.4, -0.2) is 71.7 Å². The Bertz CT molecular complexity index is 1560. The van der Waals surface area contributed by atoms with E-state index in [-0.39, 0.29) is 23.9 Å². The molecule has 2 amide bonds. The predicted octanol–water partition coefficient (Wildman–Crippen LogP) is 4.06. The van der Waals surface area contributed by atoms with Crippen molar-refractivity contribution in [2.75, 3.05) is 42.9 Å². The van der Waals surface area contributed by atoms with Gasteiger partial charge in [0.05, 0.1) is 12.2 Å². The minimum Gasteiger partial charge on any atom is -0.368 e. The fourth-order valence-corrected chi connectivity index (χ4v) is 5.01. The van der Waals surface area contributed by atoms with E-state index in [4.69, 9.17) is 26.9 Å². The number of primary amides is 1. The molecule has 1 saturated heterocycles. The monoisotopic (exact) mass is 605 g/mol. The first-order chi connectivity index (χ1) is 21.1. The Morgan fingerprint density at radius 2 is 2.00 bits per heavy atom. The number of terminal acetylenes is 1. The van der Waals surface area contributed by atoms with Crippen molar-refractivity contribution in [1.82, 2.24) is 20.2 Å². The number of fused-ring (bicyclic) bond motifs is 2. The Balaban J connectivity index is 1.86. The molecule has 2 aliphatic heterocycles. The molecule has 2 unspecified atom stereocenters. The number of hydrogen-bond donors (Lipinski definition) is 3. The first kappa shape index (κ1) is 32.3. The number of aryl methyl sites for hydroxylation is 1. The normalized spacial score (nSPS) is 17.7. The summed E-state index contributed by atoms with van der Waals surface area (Å²) in [5, 5.41) is 5.76. The Labute approximate surface area is 256 Å². The van der Waals surface area contributed by atoms with Gasteiger partial charge in [0.1, 0.15) is 23.4 Å². The summed E-state index contributed by atoms with van der Waals surface area (Å²) in [4.78, 5) is 37.3. The van der Waals surface area contributed by atoms with Gasteiger partial charge >= 0.3 is 0 Å². The van der Waals surface area contributed by atoms with Gasteiger partial charge in [0, 0.05) is 29.3 Å². The summed E-state index contributed by atoms with van der Waals surface area (Å²) in [6, 6.07) is 5.03. The van der Waals surface area contributed by atoms with Gasteiger partial charge < -0.3 is 26.0 Å². The summed E-state index contributed by atoms with van der Waals surface area (Å²) in [7, 11) is 0. The maximum absolute atomic E-state index is 15.3. The van der Waals surface area contributed by atoms with Gasteiger partial charge in [-0.05, 0) is 57.6 Å². The van der Waals surface area contributed by atoms with E-state index in [1.54, 1.807) is 30.4 Å². The van der Waals surface area contributed by atoms with Gasteiger partial charge in [0.25, 0.3) is 5.91 Å². The van der Waals surface area contributed by atoms with Crippen LogP contribution in [0.15, 0.2) is 47.7 Å². The van der Waals surface area contributed by atoms with Crippen molar-refractivity contribution < 1.29 is 23.1 Å². The number of nitrogens with zero attached hydrogens (tertiary/aromatic N) is 4. The first-order valence-corrected chi connectivity index (χ1v) is 14.5. The highest BCUT2D eigenvalue weighted by Gasteiger charge is 2.48. The van der Waals surface area contributed by atoms with Gasteiger partial charge in [0.15, 0.2) is 12.1 Å². The first-order valence-electron chi connectivity index (χ1n) is 14.5. The molecule has 2 aromatic rings. The Morgan fingerprint density at radius 1 is 1.25 bits per heavy atom. The number of aromatic nitrogens is 2. The number of anilines is 2. The van der Waals surface area contributed by atoms with Crippen LogP contribution in [-0.2, 0) is 9.53 Å². The SMILES string of the molecule is C#C/C=C(F)\C(=C(/C)F)N1c2nc(NCCCN(CC)CC)nc(-c3cc(C(=O)NCC(N)=O)ccc3C)c2C=CC2OC21. The number of nitrogens with two attached hydrogens (primary N) is 1. The van der Waals surface area contributed by atoms with E-state index in [0.717, 1.165) is 44.6 Å². The van der Waals surface area contributed by atoms with E-state index in [0.29, 0.717) is 23.4 Å². The molecule has 3 heterocycles. The average Bonchev–Trinajstić information content (AvgIpc) is 3.78. The third-order valence-electron chi connectivity index (χ3n) is 7.37. The lowest BCUT2D eigenvalue weighted by Gasteiger charge is -2.27. The van der Waals surface area contributed by atoms with E-state index in [2.05, 4.69) is 35.3 Å². The van der Waals surface area contributed by atoms with Gasteiger partial charge in [-0.15, -0.1) is 6.42 Å². The number of carbonyl (C=O) groups is 2. The quantitative estimate of drug-likeness (QED) is 0.135. The number of benzene rings is 1. The molecule has 44 heavy (non-hydrogen) atoms. The van der Waals surface area contributed by atoms with Gasteiger partial charge in [-0.2, -0.15) is 4.98 Å². The molecule has 232 valence electrons. The number of ether oxygens (including phenoxy) is 1. The van der Waals surface area contributed by atoms with Crippen molar-refractivity contribution in [2.45, 2.75) is 46.4 Å². The van der Waals surface area contributed by atoms with Gasteiger partial charge in [-0.25, -0.2) is 13.8 Å². The third-order valence-corrected chi connectivity index (χ3v) is 7.37. The molecule has 0 bridgehead atoms. The molecule has 12 heteroatoms. The van der Waals surface area contributed by atoms with E-state index in [1.807, 2.05) is 6.92 Å². The van der Waals surface area contributed by atoms with Crippen LogP contribution in [0.1, 0.15) is 48.7 Å². The minimum absolute atomic E-state index is 0.207. The maximum Gasteiger partial charge on any atom is 0.251 e. The predicted molar refractivity (Wildman–Crippen MR) is 167 cm³/mol. The van der Waals surface area contributed by atoms with Crippen LogP contribution in [0.3, 0.4) is 0 Å². The van der Waals surface area contributed by atoms with Crippen LogP contribution in [0.5, 0.6) is 0 Å². The number of hydrogen-bond acceptors (Lipinski definition) is 8. The fraction of sp³-hybridized carbons (Fsp3) is 0.375. The van der Waals surface area contributed by atoms with Crippen molar-refractivity contribution in [3.05, 3.63) is 64.4 Å². The maximum atomic E-state index is 15.3. The molecule has 2 aliphatic rings. The van der Waals surface area contributed by atoms with Crippen LogP contribution in [0, 0.1) is 19.3 Å². The molecule has 1 aromatic heterocycles. The zero-order chi connectivity index (χ0) is 32.0. The highest BCUT2D eigenvalue weighted by molar-refractivity contribution is 5.98. The molecule has 4 rings (SSSR count). The number of allylic oxidation sites excluding steroid dienone is 3. The van der Waals surface area contributed by atoms with Crippen LogP contribution >= 0.6 is 0 Å². The van der Waals surface area contributed by atoms with Crippen molar-refractivity contribution in [1.29, 1.82) is 0 Å². The second kappa shape index (κ2) is 14.2. The van der Waals surface area contributed by atoms with E-state index >= 15 is 8.78 Å². The average molecular weight is 606 g/mol. The zero-order valence-electron chi connectivity index (χ0n) is 25.3. The number of halogens is 2. The standard InChI is InChI=1S/C32H37F2N7O3/c1-6-10-24(34)28(20(5)33)41-29-22(13-14-25-31(41)44-25)27(38-32(39-29)36-15-9-16-40(7-2)8-3)23-17-21(12-11-19(23)4)30(43)37-18-26(35)42/h1,10-14,17,25,31H,7-9,15-16,18H2,2-5H3,(H2,35,42)(H,37,43)(H,36,38,39)/b24-10+,28-20-. The van der Waals surface area contributed by atoms with Crippen LogP contribution in [0.25, 0.3) is 17.3 Å². The Kier molecular flexibility index (Phi) is 10.5. The van der Waals surface area contributed by atoms with Gasteiger partial charge in [-0.3, -0.25) is 14.5 Å². The lowest BCUT2D eigenvalue weighted by Crippen LogP contribution is -2.33. The lowest BCUT2D eigenvalue weighted by molar-refractivity contribution is -0.117. The van der Waals surface area contributed by atoms with Crippen LogP contribution in [0.2, 0.25) is 0 Å². The van der Waals surface area contributed by atoms with Crippen molar-refractivity contribution in [2.24, 2.45) is 5.73 Å². The second-order valence-corrected chi connectivity index (χ2v) is 10.4. The smallest absolute Gasteiger partial charge is 0.251 e. The molecule has 10 nitrogen and oxygen atoms in total. The summed E-state index contributed by atoms with van der Waals surface area (Å²) in [6.07, 6.45) is 9.33. The highest BCUT2D eigenvalue weighted by atomic mass is 19.1. The topological polar surface area (TPSA) is 129 Å². The summed E-state index contributed by atoms with van der Waals surface area (Å²) >= 11 is 0. The fourth-order valence-electron chi connectivity index (χ4n) is 5.01. The highest BCUT2D eigenvalue weighted by Crippen LogP contribution is 2.45. The molecule has 0 radical (unpaired) electrons. The van der Waals surface area contributed by atoms with Crippen LogP contribution in [0.4, 0.5) is 20.5 Å². The second-order valence-electron chi connectivity index (χ2n) is 10.4. The molecular weight excluding hydrogens is 568 g/mol. The summed E-state index contributed by atoms with van der Waals surface area (Å²) in [5.74, 6) is -0.374. The van der Waals surface area contributed by atoms with Crippen molar-refractivity contribution in [3.8, 4) is 23.6 Å². The largest absolute Gasteiger partial charge is 0.368 e. The number of carbonyl (C=O) groups excluding carboxylic acids is 2. The summed E-state index contributed by atoms with van der Waals surface area (Å²) in [5.41, 5.74) is 7.35. The molecule has 2 atom stereocenters. The number of amides is 2. The number of nitrogens with one attached hydrogen (secondary N) is 2. The Hall–Kier alpha value is -4.60. The summed E-state index contributed by atoms with van der Waals surface area (Å²) in [6.45, 7) is 10.1. The Morgan fingerprint density at radius 3 is 2.66 bits per heavy atom. The number of epoxide rings is 1. The van der Waals surface area contributed by atoms with E-state index in [9.17, 15) is 9.59 Å². The van der Waals surface area contributed by atoms with E-state index < -0.39 is 41.5 Å². The third kappa shape index (κ3) is 7.30. The zero-order valence-corrected chi connectivity index (χ0v) is 25.3. The van der Waals surface area contributed by atoms with Crippen LogP contribution < -0.4 is 21.3 Å². The molecular formula is C32H37F2N7O3. The van der Waals surface area contributed by atoms with E-state index in [1.165, 1.54) is 4.90 Å². The molecule has 1 fully saturated rings. The summed E-state index contributed by atoms with van der Waals surface area (Å²) < 4.78 is 36.2. The minimum atomic E-state index is -0.951. The molecule has 4 N–H and O–H groups in total. The van der Waals surface area contributed by atoms with Crippen molar-refractivity contribution in [3.63, 3.8) is 0 Å². The van der Waals surface area contributed by atoms with Gasteiger partial charge in [-0.1, -0.05) is 38.0 Å². The molecule has 1 aromatic carbocycles. The lowest BCUT2D eigenvalue weighted by atomic mass is 9.98. The molecule has 0 aliphatic carbocycles. The number of rotatable bonds is 13. The molecule has 0 spiro atoms.